The van der Waals surface area contributed by atoms with Crippen LogP contribution in [0.1, 0.15) is 64.4 Å². The third-order valence-corrected chi connectivity index (χ3v) is 4.64. The highest BCUT2D eigenvalue weighted by Gasteiger charge is 2.20. The number of tetrazole rings is 1. The molecule has 0 radical (unpaired) electrons. The number of carbonyl (C=O) groups excluding carboxylic acids is 2. The molecule has 2 heterocycles. The lowest BCUT2D eigenvalue weighted by Gasteiger charge is -2.04. The number of aromatic amines is 1. The van der Waals surface area contributed by atoms with E-state index in [2.05, 4.69) is 34.2 Å². The van der Waals surface area contributed by atoms with E-state index in [-0.39, 0.29) is 18.1 Å². The van der Waals surface area contributed by atoms with Crippen molar-refractivity contribution in [3.63, 3.8) is 0 Å². The van der Waals surface area contributed by atoms with Gasteiger partial charge in [-0.05, 0) is 43.0 Å². The Hall–Kier alpha value is -3.09. The largest absolute Gasteiger partial charge is 0.355 e. The second kappa shape index (κ2) is 7.26. The highest BCUT2D eigenvalue weighted by Crippen LogP contribution is 2.21. The van der Waals surface area contributed by atoms with E-state index >= 15 is 0 Å². The van der Waals surface area contributed by atoms with Crippen LogP contribution in [0.3, 0.4) is 0 Å². The van der Waals surface area contributed by atoms with E-state index < -0.39 is 0 Å². The van der Waals surface area contributed by atoms with Crippen molar-refractivity contribution < 1.29 is 9.59 Å². The summed E-state index contributed by atoms with van der Waals surface area (Å²) in [5.41, 5.74) is 4.42. The molecule has 3 rings (SSSR count). The Morgan fingerprint density at radius 2 is 1.81 bits per heavy atom. The number of H-pyrrole nitrogens is 1. The standard InChI is InChI=1S/C20H23N5O2/c1-11(2)15-6-8-16(9-7-15)20-22-24-25(23-20)10-17(27)19-12(3)18(14(5)26)13(4)21-19/h6-9,11,21H,10H2,1-5H3. The number of hydrogen-bond acceptors (Lipinski definition) is 5. The Morgan fingerprint density at radius 3 is 2.37 bits per heavy atom. The second-order valence-corrected chi connectivity index (χ2v) is 7.02. The van der Waals surface area contributed by atoms with Crippen molar-refractivity contribution >= 4 is 11.6 Å². The third-order valence-electron chi connectivity index (χ3n) is 4.64. The van der Waals surface area contributed by atoms with Crippen LogP contribution in [-0.2, 0) is 6.54 Å². The summed E-state index contributed by atoms with van der Waals surface area (Å²) in [5.74, 6) is 0.670. The molecule has 0 unspecified atom stereocenters. The van der Waals surface area contributed by atoms with Crippen LogP contribution in [0.4, 0.5) is 0 Å². The number of hydrogen-bond donors (Lipinski definition) is 1. The Morgan fingerprint density at radius 1 is 1.15 bits per heavy atom. The minimum absolute atomic E-state index is 0.0464. The van der Waals surface area contributed by atoms with Gasteiger partial charge in [-0.2, -0.15) is 4.80 Å². The van der Waals surface area contributed by atoms with Crippen molar-refractivity contribution in [3.05, 3.63) is 52.3 Å². The van der Waals surface area contributed by atoms with Crippen LogP contribution in [0.15, 0.2) is 24.3 Å². The van der Waals surface area contributed by atoms with Crippen LogP contribution in [0, 0.1) is 13.8 Å². The second-order valence-electron chi connectivity index (χ2n) is 7.02. The lowest BCUT2D eigenvalue weighted by molar-refractivity contribution is 0.0956. The van der Waals surface area contributed by atoms with Crippen LogP contribution >= 0.6 is 0 Å². The topological polar surface area (TPSA) is 93.5 Å². The summed E-state index contributed by atoms with van der Waals surface area (Å²) in [4.78, 5) is 28.6. The lowest BCUT2D eigenvalue weighted by atomic mass is 10.0. The quantitative estimate of drug-likeness (QED) is 0.675. The normalized spacial score (nSPS) is 11.2. The molecule has 0 aliphatic carbocycles. The highest BCUT2D eigenvalue weighted by molar-refractivity contribution is 6.03. The fraction of sp³-hybridized carbons (Fsp3) is 0.350. The number of benzene rings is 1. The summed E-state index contributed by atoms with van der Waals surface area (Å²) < 4.78 is 0. The molecule has 0 amide bonds. The predicted molar refractivity (Wildman–Crippen MR) is 102 cm³/mol. The maximum Gasteiger partial charge on any atom is 0.204 e. The van der Waals surface area contributed by atoms with Crippen LogP contribution in [0.25, 0.3) is 11.4 Å². The van der Waals surface area contributed by atoms with E-state index in [0.717, 1.165) is 5.56 Å². The zero-order valence-electron chi connectivity index (χ0n) is 16.2. The smallest absolute Gasteiger partial charge is 0.204 e. The van der Waals surface area contributed by atoms with Gasteiger partial charge in [0.25, 0.3) is 0 Å². The van der Waals surface area contributed by atoms with Crippen molar-refractivity contribution in [1.82, 2.24) is 25.2 Å². The van der Waals surface area contributed by atoms with Crippen molar-refractivity contribution in [3.8, 4) is 11.4 Å². The van der Waals surface area contributed by atoms with Gasteiger partial charge in [0, 0.05) is 16.8 Å². The summed E-state index contributed by atoms with van der Waals surface area (Å²) in [7, 11) is 0. The molecule has 2 aromatic heterocycles. The van der Waals surface area contributed by atoms with Gasteiger partial charge >= 0.3 is 0 Å². The maximum atomic E-state index is 12.6. The van der Waals surface area contributed by atoms with Gasteiger partial charge in [-0.25, -0.2) is 0 Å². The first-order valence-corrected chi connectivity index (χ1v) is 8.89. The van der Waals surface area contributed by atoms with E-state index in [1.54, 1.807) is 13.8 Å². The molecular formula is C20H23N5O2. The molecule has 1 aromatic carbocycles. The maximum absolute atomic E-state index is 12.6. The van der Waals surface area contributed by atoms with Crippen molar-refractivity contribution in [2.75, 3.05) is 0 Å². The summed E-state index contributed by atoms with van der Waals surface area (Å²) in [5, 5.41) is 12.3. The van der Waals surface area contributed by atoms with Crippen LogP contribution in [0.2, 0.25) is 0 Å². The minimum atomic E-state index is -0.192. The summed E-state index contributed by atoms with van der Waals surface area (Å²) in [6.07, 6.45) is 0. The molecule has 0 saturated heterocycles. The molecule has 7 nitrogen and oxygen atoms in total. The third kappa shape index (κ3) is 3.72. The monoisotopic (exact) mass is 365 g/mol. The molecule has 0 fully saturated rings. The van der Waals surface area contributed by atoms with E-state index in [1.807, 2.05) is 24.3 Å². The van der Waals surface area contributed by atoms with E-state index in [1.165, 1.54) is 17.3 Å². The van der Waals surface area contributed by atoms with Crippen LogP contribution in [0.5, 0.6) is 0 Å². The number of nitrogens with one attached hydrogen (secondary N) is 1. The average Bonchev–Trinajstić information content (AvgIpc) is 3.19. The van der Waals surface area contributed by atoms with Gasteiger partial charge in [-0.15, -0.1) is 10.2 Å². The first-order chi connectivity index (χ1) is 12.8. The van der Waals surface area contributed by atoms with Crippen molar-refractivity contribution in [2.24, 2.45) is 0 Å². The van der Waals surface area contributed by atoms with Crippen molar-refractivity contribution in [1.29, 1.82) is 0 Å². The van der Waals surface area contributed by atoms with Gasteiger partial charge in [-0.1, -0.05) is 38.1 Å². The molecular weight excluding hydrogens is 342 g/mol. The van der Waals surface area contributed by atoms with Crippen molar-refractivity contribution in [2.45, 2.75) is 47.1 Å². The molecule has 0 saturated carbocycles. The zero-order chi connectivity index (χ0) is 19.7. The van der Waals surface area contributed by atoms with Gasteiger partial charge in [0.15, 0.2) is 5.78 Å². The average molecular weight is 365 g/mol. The lowest BCUT2D eigenvalue weighted by Crippen LogP contribution is -2.14. The molecule has 0 bridgehead atoms. The van der Waals surface area contributed by atoms with Gasteiger partial charge < -0.3 is 4.98 Å². The molecule has 0 aliphatic heterocycles. The number of Topliss-reactive ketones (excluding diaryl/α,β-unsaturated/α-hetero) is 2. The Balaban J connectivity index is 1.79. The van der Waals surface area contributed by atoms with E-state index in [0.29, 0.717) is 34.3 Å². The number of aryl methyl sites for hydroxylation is 1. The first kappa shape index (κ1) is 18.7. The Kier molecular flexibility index (Phi) is 5.03. The fourth-order valence-corrected chi connectivity index (χ4v) is 3.21. The summed E-state index contributed by atoms with van der Waals surface area (Å²) in [6, 6.07) is 7.99. The van der Waals surface area contributed by atoms with E-state index in [4.69, 9.17) is 0 Å². The molecule has 0 atom stereocenters. The number of rotatable bonds is 6. The molecule has 1 N–H and O–H groups in total. The molecule has 7 heteroatoms. The number of carbonyl (C=O) groups is 2. The predicted octanol–water partition coefficient (Wildman–Crippen LogP) is 3.49. The van der Waals surface area contributed by atoms with Crippen LogP contribution in [-0.4, -0.2) is 36.8 Å². The summed E-state index contributed by atoms with van der Waals surface area (Å²) in [6.45, 7) is 9.27. The Bertz CT molecular complexity index is 996. The zero-order valence-corrected chi connectivity index (χ0v) is 16.2. The van der Waals surface area contributed by atoms with Gasteiger partial charge in [0.2, 0.25) is 11.6 Å². The van der Waals surface area contributed by atoms with Gasteiger partial charge in [0.1, 0.15) is 6.54 Å². The first-order valence-electron chi connectivity index (χ1n) is 8.89. The number of ketones is 2. The molecule has 27 heavy (non-hydrogen) atoms. The molecule has 3 aromatic rings. The molecule has 0 aliphatic rings. The number of aromatic nitrogens is 5. The molecule has 0 spiro atoms. The summed E-state index contributed by atoms with van der Waals surface area (Å²) >= 11 is 0. The number of nitrogens with zero attached hydrogens (tertiary/aromatic N) is 4. The molecule has 140 valence electrons. The Labute approximate surface area is 157 Å². The minimum Gasteiger partial charge on any atom is -0.355 e. The van der Waals surface area contributed by atoms with Crippen LogP contribution < -0.4 is 0 Å². The SMILES string of the molecule is CC(=O)c1c(C)[nH]c(C(=O)Cn2nnc(-c3ccc(C(C)C)cc3)n2)c1C. The van der Waals surface area contributed by atoms with Gasteiger partial charge in [-0.3, -0.25) is 9.59 Å². The van der Waals surface area contributed by atoms with Gasteiger partial charge in [0.05, 0.1) is 5.69 Å². The van der Waals surface area contributed by atoms with E-state index in [9.17, 15) is 9.59 Å². The fourth-order valence-electron chi connectivity index (χ4n) is 3.21. The highest BCUT2D eigenvalue weighted by atomic mass is 16.1.